The molecule has 0 bridgehead atoms. The average molecular weight is 486 g/mol. The van der Waals surface area contributed by atoms with Crippen molar-refractivity contribution in [2.45, 2.75) is 17.5 Å². The minimum Gasteiger partial charge on any atom is -0.465 e. The standard InChI is InChI=1S/C18H17F3N6O5S/c1-31-16(28)11-10-22-17(23-15(11)18(19,20)21)26-6-3-7-27(9-8-26)33(29,30)13-5-2-4-12-14(13)25-32-24-12/h2,4-5,10H,3,6-9H2,1H3. The lowest BCUT2D eigenvalue weighted by molar-refractivity contribution is -0.141. The number of sulfonamides is 1. The molecule has 0 saturated carbocycles. The number of aromatic nitrogens is 4. The Labute approximate surface area is 185 Å². The van der Waals surface area contributed by atoms with Crippen molar-refractivity contribution < 1.29 is 35.7 Å². The van der Waals surface area contributed by atoms with Gasteiger partial charge in [0.25, 0.3) is 0 Å². The van der Waals surface area contributed by atoms with Gasteiger partial charge in [-0.3, -0.25) is 0 Å². The van der Waals surface area contributed by atoms with Crippen LogP contribution >= 0.6 is 0 Å². The van der Waals surface area contributed by atoms with E-state index in [-0.39, 0.29) is 48.1 Å². The molecule has 1 aliphatic heterocycles. The third-order valence-electron chi connectivity index (χ3n) is 5.05. The van der Waals surface area contributed by atoms with Gasteiger partial charge >= 0.3 is 12.1 Å². The lowest BCUT2D eigenvalue weighted by atomic mass is 10.2. The molecule has 0 spiro atoms. The van der Waals surface area contributed by atoms with Crippen LogP contribution < -0.4 is 4.90 Å². The highest BCUT2D eigenvalue weighted by atomic mass is 32.2. The van der Waals surface area contributed by atoms with Crippen molar-refractivity contribution in [2.24, 2.45) is 0 Å². The van der Waals surface area contributed by atoms with Crippen LogP contribution in [-0.4, -0.2) is 72.3 Å². The molecule has 4 rings (SSSR count). The van der Waals surface area contributed by atoms with Gasteiger partial charge in [0, 0.05) is 32.4 Å². The Morgan fingerprint density at radius 3 is 2.67 bits per heavy atom. The molecule has 0 radical (unpaired) electrons. The fraction of sp³-hybridized carbons (Fsp3) is 0.389. The number of rotatable bonds is 4. The maximum Gasteiger partial charge on any atom is 0.434 e. The van der Waals surface area contributed by atoms with Crippen molar-refractivity contribution in [1.82, 2.24) is 24.6 Å². The molecule has 1 fully saturated rings. The maximum atomic E-state index is 13.5. The van der Waals surface area contributed by atoms with Gasteiger partial charge in [-0.1, -0.05) is 6.07 Å². The Kier molecular flexibility index (Phi) is 5.92. The van der Waals surface area contributed by atoms with E-state index < -0.39 is 33.4 Å². The van der Waals surface area contributed by atoms with Crippen LogP contribution in [0.25, 0.3) is 11.0 Å². The molecule has 0 atom stereocenters. The van der Waals surface area contributed by atoms with Gasteiger partial charge in [0.15, 0.2) is 11.2 Å². The quantitative estimate of drug-likeness (QED) is 0.502. The number of ether oxygens (including phenoxy) is 1. The van der Waals surface area contributed by atoms with E-state index in [1.807, 2.05) is 0 Å². The van der Waals surface area contributed by atoms with Crippen molar-refractivity contribution in [3.8, 4) is 0 Å². The van der Waals surface area contributed by atoms with Crippen molar-refractivity contribution in [1.29, 1.82) is 0 Å². The number of benzene rings is 1. The molecule has 11 nitrogen and oxygen atoms in total. The molecular formula is C18H17F3N6O5S. The minimum absolute atomic E-state index is 0.0289. The summed E-state index contributed by atoms with van der Waals surface area (Å²) in [5.74, 6) is -1.48. The summed E-state index contributed by atoms with van der Waals surface area (Å²) in [6.07, 6.45) is -3.85. The van der Waals surface area contributed by atoms with E-state index in [2.05, 4.69) is 29.6 Å². The number of methoxy groups -OCH3 is 1. The second-order valence-corrected chi connectivity index (χ2v) is 8.96. The zero-order valence-electron chi connectivity index (χ0n) is 17.1. The Balaban J connectivity index is 1.60. The topological polar surface area (TPSA) is 132 Å². The predicted molar refractivity (Wildman–Crippen MR) is 106 cm³/mol. The van der Waals surface area contributed by atoms with Crippen molar-refractivity contribution >= 4 is 33.0 Å². The molecule has 15 heteroatoms. The van der Waals surface area contributed by atoms with Gasteiger partial charge < -0.3 is 9.64 Å². The van der Waals surface area contributed by atoms with Crippen LogP contribution in [-0.2, 0) is 20.9 Å². The molecule has 33 heavy (non-hydrogen) atoms. The van der Waals surface area contributed by atoms with E-state index >= 15 is 0 Å². The van der Waals surface area contributed by atoms with E-state index in [1.165, 1.54) is 21.3 Å². The molecule has 1 aliphatic rings. The Morgan fingerprint density at radius 2 is 1.94 bits per heavy atom. The number of halogens is 3. The number of esters is 1. The van der Waals surface area contributed by atoms with E-state index in [4.69, 9.17) is 0 Å². The number of fused-ring (bicyclic) bond motifs is 1. The zero-order valence-corrected chi connectivity index (χ0v) is 17.9. The summed E-state index contributed by atoms with van der Waals surface area (Å²) in [5, 5.41) is 7.30. The number of hydrogen-bond acceptors (Lipinski definition) is 10. The Morgan fingerprint density at radius 1 is 1.15 bits per heavy atom. The molecular weight excluding hydrogens is 469 g/mol. The number of hydrogen-bond donors (Lipinski definition) is 0. The first-order valence-corrected chi connectivity index (χ1v) is 11.1. The summed E-state index contributed by atoms with van der Waals surface area (Å²) in [6.45, 7) is 0.318. The molecule has 1 saturated heterocycles. The fourth-order valence-electron chi connectivity index (χ4n) is 3.46. The van der Waals surface area contributed by atoms with Crippen molar-refractivity contribution in [3.05, 3.63) is 35.7 Å². The molecule has 0 amide bonds. The van der Waals surface area contributed by atoms with E-state index in [0.717, 1.165) is 13.3 Å². The van der Waals surface area contributed by atoms with Gasteiger partial charge in [-0.25, -0.2) is 27.8 Å². The van der Waals surface area contributed by atoms with Crippen molar-refractivity contribution in [2.75, 3.05) is 38.2 Å². The lowest BCUT2D eigenvalue weighted by Crippen LogP contribution is -2.36. The summed E-state index contributed by atoms with van der Waals surface area (Å²) >= 11 is 0. The molecule has 2 aromatic heterocycles. The van der Waals surface area contributed by atoms with Crippen LogP contribution in [0.1, 0.15) is 22.5 Å². The number of alkyl halides is 3. The monoisotopic (exact) mass is 486 g/mol. The third-order valence-corrected chi connectivity index (χ3v) is 6.98. The van der Waals surface area contributed by atoms with Crippen LogP contribution in [0.3, 0.4) is 0 Å². The summed E-state index contributed by atoms with van der Waals surface area (Å²) in [6, 6.07) is 4.45. The van der Waals surface area contributed by atoms with Crippen LogP contribution in [0.5, 0.6) is 0 Å². The number of anilines is 1. The fourth-order valence-corrected chi connectivity index (χ4v) is 5.07. The van der Waals surface area contributed by atoms with Gasteiger partial charge in [-0.15, -0.1) is 0 Å². The van der Waals surface area contributed by atoms with Crippen LogP contribution in [0, 0.1) is 0 Å². The van der Waals surface area contributed by atoms with Gasteiger partial charge in [0.2, 0.25) is 16.0 Å². The molecule has 1 aromatic carbocycles. The van der Waals surface area contributed by atoms with Crippen LogP contribution in [0.15, 0.2) is 33.9 Å². The highest BCUT2D eigenvalue weighted by molar-refractivity contribution is 7.89. The largest absolute Gasteiger partial charge is 0.465 e. The smallest absolute Gasteiger partial charge is 0.434 e. The zero-order chi connectivity index (χ0) is 23.8. The van der Waals surface area contributed by atoms with E-state index in [9.17, 15) is 26.4 Å². The molecule has 3 heterocycles. The summed E-state index contributed by atoms with van der Waals surface area (Å²) in [5.41, 5.74) is -1.85. The molecule has 176 valence electrons. The number of carbonyl (C=O) groups is 1. The highest BCUT2D eigenvalue weighted by Crippen LogP contribution is 2.32. The first-order chi connectivity index (χ1) is 15.6. The number of carbonyl (C=O) groups excluding carboxylic acids is 1. The minimum atomic E-state index is -4.91. The second kappa shape index (κ2) is 8.55. The maximum absolute atomic E-state index is 13.5. The van der Waals surface area contributed by atoms with Crippen LogP contribution in [0.4, 0.5) is 19.1 Å². The first kappa shape index (κ1) is 22.8. The van der Waals surface area contributed by atoms with Gasteiger partial charge in [-0.2, -0.15) is 17.5 Å². The average Bonchev–Trinajstić information content (AvgIpc) is 3.13. The molecule has 0 unspecified atom stereocenters. The Hall–Kier alpha value is -3.33. The van der Waals surface area contributed by atoms with Gasteiger partial charge in [-0.05, 0) is 28.9 Å². The summed E-state index contributed by atoms with van der Waals surface area (Å²) in [7, 11) is -3.02. The van der Waals surface area contributed by atoms with Crippen LogP contribution in [0.2, 0.25) is 0 Å². The van der Waals surface area contributed by atoms with Crippen molar-refractivity contribution in [3.63, 3.8) is 0 Å². The summed E-state index contributed by atoms with van der Waals surface area (Å²) in [4.78, 5) is 20.5. The first-order valence-electron chi connectivity index (χ1n) is 9.62. The third kappa shape index (κ3) is 4.32. The molecule has 3 aromatic rings. The number of nitrogens with zero attached hydrogens (tertiary/aromatic N) is 6. The predicted octanol–water partition coefficient (Wildman–Crippen LogP) is 1.72. The Bertz CT molecular complexity index is 1300. The van der Waals surface area contributed by atoms with E-state index in [1.54, 1.807) is 6.07 Å². The van der Waals surface area contributed by atoms with E-state index in [0.29, 0.717) is 6.42 Å². The SMILES string of the molecule is COC(=O)c1cnc(N2CCCN(S(=O)(=O)c3cccc4nonc34)CC2)nc1C(F)(F)F. The summed E-state index contributed by atoms with van der Waals surface area (Å²) < 4.78 is 77.0. The molecule has 0 aliphatic carbocycles. The van der Waals surface area contributed by atoms with Gasteiger partial charge in [0.05, 0.1) is 7.11 Å². The highest BCUT2D eigenvalue weighted by Gasteiger charge is 2.39. The lowest BCUT2D eigenvalue weighted by Gasteiger charge is -2.22. The molecule has 0 N–H and O–H groups in total. The van der Waals surface area contributed by atoms with Gasteiger partial charge in [0.1, 0.15) is 16.0 Å². The normalized spacial score (nSPS) is 16.1. The second-order valence-electron chi connectivity index (χ2n) is 7.05.